The summed E-state index contributed by atoms with van der Waals surface area (Å²) in [5.41, 5.74) is 4.74. The topological polar surface area (TPSA) is 70.2 Å². The van der Waals surface area contributed by atoms with Crippen molar-refractivity contribution >= 4 is 16.8 Å². The summed E-state index contributed by atoms with van der Waals surface area (Å²) in [4.78, 5) is 15.6. The molecule has 6 nitrogen and oxygen atoms in total. The molecule has 1 saturated carbocycles. The largest absolute Gasteiger partial charge is 0.490 e. The van der Waals surface area contributed by atoms with Crippen LogP contribution in [-0.2, 0) is 0 Å². The first-order valence-electron chi connectivity index (χ1n) is 14.4. The lowest BCUT2D eigenvalue weighted by Gasteiger charge is -2.29. The minimum atomic E-state index is -0.0372. The van der Waals surface area contributed by atoms with E-state index in [0.717, 1.165) is 53.8 Å². The summed E-state index contributed by atoms with van der Waals surface area (Å²) in [6, 6.07) is 24.6. The van der Waals surface area contributed by atoms with E-state index in [1.807, 2.05) is 30.3 Å². The number of H-pyrrole nitrogens is 1. The summed E-state index contributed by atoms with van der Waals surface area (Å²) in [6.07, 6.45) is 7.43. The molecule has 0 bridgehead atoms. The summed E-state index contributed by atoms with van der Waals surface area (Å²) in [6.45, 7) is 2.80. The first kappa shape index (κ1) is 25.6. The Hall–Kier alpha value is -3.64. The number of carbonyl (C=O) groups is 1. The van der Waals surface area contributed by atoms with Crippen LogP contribution in [0.3, 0.4) is 0 Å². The molecule has 202 valence electrons. The molecule has 0 spiro atoms. The molecule has 1 saturated heterocycles. The standard InChI is InChI=1S/C33H38N4O2/c1-37-19-17-28(18-20-37)39-27-14-11-25(12-15-27)32-29-21-26(13-16-31(29)35-36-32)33(38)34-22-30(24-9-5-6-10-24)23-7-3-2-4-8-23/h2-4,7-8,11-16,21,24,28,30H,5-6,9-10,17-20,22H2,1H3,(H,34,38)(H,35,36). The number of aromatic amines is 1. The smallest absolute Gasteiger partial charge is 0.251 e. The Labute approximate surface area is 230 Å². The van der Waals surface area contributed by atoms with Gasteiger partial charge in [0.05, 0.1) is 11.2 Å². The van der Waals surface area contributed by atoms with Crippen LogP contribution in [0.15, 0.2) is 72.8 Å². The Kier molecular flexibility index (Phi) is 7.64. The van der Waals surface area contributed by atoms with Crippen molar-refractivity contribution in [2.75, 3.05) is 26.7 Å². The number of nitrogens with zero attached hydrogens (tertiary/aromatic N) is 2. The minimum absolute atomic E-state index is 0.0372. The molecule has 3 aromatic carbocycles. The Balaban J connectivity index is 1.16. The number of hydrogen-bond donors (Lipinski definition) is 2. The second-order valence-electron chi connectivity index (χ2n) is 11.2. The number of ether oxygens (including phenoxy) is 1. The van der Waals surface area contributed by atoms with Crippen molar-refractivity contribution in [3.63, 3.8) is 0 Å². The van der Waals surface area contributed by atoms with Crippen LogP contribution in [0.2, 0.25) is 0 Å². The Morgan fingerprint density at radius 1 is 1.00 bits per heavy atom. The van der Waals surface area contributed by atoms with E-state index >= 15 is 0 Å². The molecule has 6 rings (SSSR count). The summed E-state index contributed by atoms with van der Waals surface area (Å²) < 4.78 is 6.22. The predicted octanol–water partition coefficient (Wildman–Crippen LogP) is 6.41. The highest BCUT2D eigenvalue weighted by atomic mass is 16.5. The molecule has 6 heteroatoms. The zero-order chi connectivity index (χ0) is 26.6. The molecule has 1 aromatic heterocycles. The highest BCUT2D eigenvalue weighted by Gasteiger charge is 2.27. The van der Waals surface area contributed by atoms with E-state index < -0.39 is 0 Å². The quantitative estimate of drug-likeness (QED) is 0.281. The zero-order valence-electron chi connectivity index (χ0n) is 22.7. The van der Waals surface area contributed by atoms with Gasteiger partial charge in [0.15, 0.2) is 0 Å². The number of fused-ring (bicyclic) bond motifs is 1. The van der Waals surface area contributed by atoms with Crippen LogP contribution < -0.4 is 10.1 Å². The van der Waals surface area contributed by atoms with Gasteiger partial charge in [0, 0.05) is 42.1 Å². The van der Waals surface area contributed by atoms with E-state index in [9.17, 15) is 4.79 Å². The monoisotopic (exact) mass is 522 g/mol. The lowest BCUT2D eigenvalue weighted by Crippen LogP contribution is -2.35. The molecule has 2 aliphatic rings. The molecule has 1 aliphatic heterocycles. The fraction of sp³-hybridized carbons (Fsp3) is 0.394. The Bertz CT molecular complexity index is 1380. The average Bonchev–Trinajstić information content (AvgIpc) is 3.66. The molecule has 39 heavy (non-hydrogen) atoms. The van der Waals surface area contributed by atoms with Crippen molar-refractivity contribution in [1.29, 1.82) is 0 Å². The third kappa shape index (κ3) is 5.86. The van der Waals surface area contributed by atoms with Gasteiger partial charge in [0.1, 0.15) is 11.9 Å². The third-order valence-corrected chi connectivity index (χ3v) is 8.60. The maximum atomic E-state index is 13.3. The number of benzene rings is 3. The van der Waals surface area contributed by atoms with E-state index in [2.05, 4.69) is 69.9 Å². The van der Waals surface area contributed by atoms with Gasteiger partial charge in [-0.15, -0.1) is 0 Å². The fourth-order valence-corrected chi connectivity index (χ4v) is 6.28. The van der Waals surface area contributed by atoms with Gasteiger partial charge in [-0.25, -0.2) is 0 Å². The molecule has 2 heterocycles. The van der Waals surface area contributed by atoms with E-state index in [-0.39, 0.29) is 12.0 Å². The van der Waals surface area contributed by atoms with Crippen LogP contribution in [0, 0.1) is 5.92 Å². The summed E-state index contributed by atoms with van der Waals surface area (Å²) in [7, 11) is 2.16. The van der Waals surface area contributed by atoms with Gasteiger partial charge in [0.2, 0.25) is 0 Å². The highest BCUT2D eigenvalue weighted by molar-refractivity contribution is 6.01. The van der Waals surface area contributed by atoms with Crippen molar-refractivity contribution in [3.8, 4) is 17.0 Å². The predicted molar refractivity (Wildman–Crippen MR) is 156 cm³/mol. The number of likely N-dealkylation sites (tertiary alicyclic amines) is 1. The number of amides is 1. The molecule has 1 unspecified atom stereocenters. The van der Waals surface area contributed by atoms with Crippen molar-refractivity contribution in [2.45, 2.75) is 50.5 Å². The first-order valence-corrected chi connectivity index (χ1v) is 14.4. The zero-order valence-corrected chi connectivity index (χ0v) is 22.7. The van der Waals surface area contributed by atoms with Crippen LogP contribution in [-0.4, -0.2) is 53.8 Å². The van der Waals surface area contributed by atoms with Crippen LogP contribution in [0.1, 0.15) is 60.4 Å². The average molecular weight is 523 g/mol. The van der Waals surface area contributed by atoms with E-state index in [0.29, 0.717) is 23.9 Å². The lowest BCUT2D eigenvalue weighted by atomic mass is 9.84. The van der Waals surface area contributed by atoms with Gasteiger partial charge in [-0.1, -0.05) is 43.2 Å². The maximum Gasteiger partial charge on any atom is 0.251 e. The molecule has 1 atom stereocenters. The summed E-state index contributed by atoms with van der Waals surface area (Å²) >= 11 is 0. The van der Waals surface area contributed by atoms with Crippen LogP contribution >= 0.6 is 0 Å². The molecule has 2 N–H and O–H groups in total. The van der Waals surface area contributed by atoms with Gasteiger partial charge >= 0.3 is 0 Å². The Morgan fingerprint density at radius 3 is 2.49 bits per heavy atom. The molecule has 2 fully saturated rings. The summed E-state index contributed by atoms with van der Waals surface area (Å²) in [5.74, 6) is 1.83. The van der Waals surface area contributed by atoms with Gasteiger partial charge in [-0.05, 0) is 86.7 Å². The first-order chi connectivity index (χ1) is 19.1. The number of hydrogen-bond acceptors (Lipinski definition) is 4. The van der Waals surface area contributed by atoms with Crippen molar-refractivity contribution in [2.24, 2.45) is 5.92 Å². The molecular weight excluding hydrogens is 484 g/mol. The van der Waals surface area contributed by atoms with Crippen LogP contribution in [0.25, 0.3) is 22.2 Å². The van der Waals surface area contributed by atoms with Gasteiger partial charge < -0.3 is 15.0 Å². The number of piperidine rings is 1. The van der Waals surface area contributed by atoms with Crippen molar-refractivity contribution < 1.29 is 9.53 Å². The molecule has 1 amide bonds. The second kappa shape index (κ2) is 11.6. The number of aromatic nitrogens is 2. The molecular formula is C33H38N4O2. The summed E-state index contributed by atoms with van der Waals surface area (Å²) in [5, 5.41) is 11.9. The minimum Gasteiger partial charge on any atom is -0.490 e. The Morgan fingerprint density at radius 2 is 1.74 bits per heavy atom. The van der Waals surface area contributed by atoms with Crippen molar-refractivity contribution in [3.05, 3.63) is 83.9 Å². The van der Waals surface area contributed by atoms with Crippen molar-refractivity contribution in [1.82, 2.24) is 20.4 Å². The molecule has 1 aliphatic carbocycles. The number of carbonyl (C=O) groups excluding carboxylic acids is 1. The highest BCUT2D eigenvalue weighted by Crippen LogP contribution is 2.37. The number of rotatable bonds is 8. The van der Waals surface area contributed by atoms with Gasteiger partial charge in [0.25, 0.3) is 5.91 Å². The lowest BCUT2D eigenvalue weighted by molar-refractivity contribution is 0.0948. The number of nitrogens with one attached hydrogen (secondary N) is 2. The van der Waals surface area contributed by atoms with Crippen LogP contribution in [0.4, 0.5) is 0 Å². The third-order valence-electron chi connectivity index (χ3n) is 8.60. The van der Waals surface area contributed by atoms with Crippen LogP contribution in [0.5, 0.6) is 5.75 Å². The maximum absolute atomic E-state index is 13.3. The second-order valence-corrected chi connectivity index (χ2v) is 11.2. The van der Waals surface area contributed by atoms with E-state index in [1.165, 1.54) is 31.2 Å². The SMILES string of the molecule is CN1CCC(Oc2ccc(-c3n[nH]c4ccc(C(=O)NCC(c5ccccc5)C5CCCC5)cc34)cc2)CC1. The molecule has 4 aromatic rings. The van der Waals surface area contributed by atoms with Gasteiger partial charge in [-0.3, -0.25) is 9.89 Å². The fourth-order valence-electron chi connectivity index (χ4n) is 6.28. The van der Waals surface area contributed by atoms with E-state index in [4.69, 9.17) is 4.74 Å². The van der Waals surface area contributed by atoms with Gasteiger partial charge in [-0.2, -0.15) is 5.10 Å². The normalized spacial score (nSPS) is 17.9. The molecule has 0 radical (unpaired) electrons. The van der Waals surface area contributed by atoms with E-state index in [1.54, 1.807) is 0 Å².